The summed E-state index contributed by atoms with van der Waals surface area (Å²) in [6.45, 7) is 1.91. The second kappa shape index (κ2) is 4.52. The van der Waals surface area contributed by atoms with Crippen molar-refractivity contribution in [3.8, 4) is 0 Å². The van der Waals surface area contributed by atoms with E-state index in [0.717, 1.165) is 4.48 Å². The number of hydrogen-bond donors (Lipinski definition) is 0. The van der Waals surface area contributed by atoms with Crippen LogP contribution >= 0.6 is 0 Å². The molecule has 1 aromatic rings. The van der Waals surface area contributed by atoms with Gasteiger partial charge < -0.3 is 9.22 Å². The van der Waals surface area contributed by atoms with Gasteiger partial charge in [-0.1, -0.05) is 0 Å². The zero-order valence-electron chi connectivity index (χ0n) is 10.5. The Morgan fingerprint density at radius 1 is 1.50 bits per heavy atom. The van der Waals surface area contributed by atoms with Crippen LogP contribution in [0.15, 0.2) is 24.5 Å². The highest BCUT2D eigenvalue weighted by Gasteiger charge is 2.36. The minimum Gasteiger partial charge on any atom is -0.327 e. The Morgan fingerprint density at radius 3 is 2.94 bits per heavy atom. The lowest BCUT2D eigenvalue weighted by Crippen LogP contribution is -2.40. The molecule has 0 N–H and O–H groups in total. The van der Waals surface area contributed by atoms with Crippen LogP contribution in [-0.2, 0) is 11.5 Å². The molecule has 0 unspecified atom stereocenters. The summed E-state index contributed by atoms with van der Waals surface area (Å²) >= 11 is 0. The molecule has 88 valence electrons. The largest absolute Gasteiger partial charge is 0.327 e. The molecule has 1 aliphatic rings. The van der Waals surface area contributed by atoms with E-state index < -0.39 is 0 Å². The standard InChI is InChI=1S/C13H22N2O/c1-15(2)9-5-7-13(15)12-6-4-8-14(10-12)11-16-3/h4,6,8,10,13H,5,7,9,11H2,1-3H3/q+2/t13-/m0/s1. The molecule has 16 heavy (non-hydrogen) atoms. The predicted molar refractivity (Wildman–Crippen MR) is 62.6 cm³/mol. The minimum absolute atomic E-state index is 0.633. The van der Waals surface area contributed by atoms with Gasteiger partial charge in [0, 0.05) is 26.0 Å². The Morgan fingerprint density at radius 2 is 2.31 bits per heavy atom. The van der Waals surface area contributed by atoms with Crippen molar-refractivity contribution >= 4 is 0 Å². The SMILES string of the molecule is COC[n+]1cccc([C@@H]2CCC[N+]2(C)C)c1. The van der Waals surface area contributed by atoms with E-state index in [1.165, 1.54) is 24.9 Å². The quantitative estimate of drug-likeness (QED) is 0.558. The molecule has 0 aliphatic carbocycles. The van der Waals surface area contributed by atoms with E-state index in [-0.39, 0.29) is 0 Å². The number of hydrogen-bond acceptors (Lipinski definition) is 1. The van der Waals surface area contributed by atoms with Gasteiger partial charge in [-0.05, 0) is 6.07 Å². The molecular formula is C13H22N2O+2. The first-order valence-electron chi connectivity index (χ1n) is 5.94. The molecule has 0 spiro atoms. The average molecular weight is 222 g/mol. The maximum absolute atomic E-state index is 5.16. The number of methoxy groups -OCH3 is 1. The van der Waals surface area contributed by atoms with Crippen molar-refractivity contribution in [1.29, 1.82) is 0 Å². The highest BCUT2D eigenvalue weighted by molar-refractivity contribution is 5.10. The lowest BCUT2D eigenvalue weighted by Gasteiger charge is -2.31. The Balaban J connectivity index is 2.23. The zero-order valence-corrected chi connectivity index (χ0v) is 10.5. The summed E-state index contributed by atoms with van der Waals surface area (Å²) in [6, 6.07) is 5.00. The Hall–Kier alpha value is -0.930. The summed E-state index contributed by atoms with van der Waals surface area (Å²) in [6.07, 6.45) is 6.91. The van der Waals surface area contributed by atoms with Crippen molar-refractivity contribution in [3.63, 3.8) is 0 Å². The monoisotopic (exact) mass is 222 g/mol. The Labute approximate surface area is 97.9 Å². The molecule has 2 heterocycles. The molecule has 0 bridgehead atoms. The molecule has 1 aliphatic heterocycles. The fraction of sp³-hybridized carbons (Fsp3) is 0.615. The zero-order chi connectivity index (χ0) is 11.6. The van der Waals surface area contributed by atoms with Gasteiger partial charge in [0.15, 0.2) is 12.4 Å². The smallest absolute Gasteiger partial charge is 0.252 e. The van der Waals surface area contributed by atoms with E-state index in [0.29, 0.717) is 12.8 Å². The lowest BCUT2D eigenvalue weighted by molar-refractivity contribution is -0.908. The summed E-state index contributed by atoms with van der Waals surface area (Å²) in [5, 5.41) is 0. The van der Waals surface area contributed by atoms with E-state index in [1.54, 1.807) is 7.11 Å². The first-order chi connectivity index (χ1) is 7.63. The second-order valence-electron chi connectivity index (χ2n) is 5.23. The average Bonchev–Trinajstić information content (AvgIpc) is 2.59. The van der Waals surface area contributed by atoms with Gasteiger partial charge in [0.25, 0.3) is 6.73 Å². The summed E-state index contributed by atoms with van der Waals surface area (Å²) in [5.74, 6) is 0. The van der Waals surface area contributed by atoms with Crippen molar-refractivity contribution in [2.75, 3.05) is 27.7 Å². The van der Waals surface area contributed by atoms with Gasteiger partial charge in [0.1, 0.15) is 6.04 Å². The van der Waals surface area contributed by atoms with Crippen LogP contribution in [-0.4, -0.2) is 32.2 Å². The van der Waals surface area contributed by atoms with Gasteiger partial charge in [-0.2, -0.15) is 4.57 Å². The van der Waals surface area contributed by atoms with Crippen molar-refractivity contribution in [2.45, 2.75) is 25.6 Å². The molecule has 1 atom stereocenters. The second-order valence-corrected chi connectivity index (χ2v) is 5.23. The Bertz CT molecular complexity index is 363. The van der Waals surface area contributed by atoms with Gasteiger partial charge in [0.2, 0.25) is 0 Å². The summed E-state index contributed by atoms with van der Waals surface area (Å²) in [5.41, 5.74) is 1.43. The Kier molecular flexibility index (Phi) is 3.26. The fourth-order valence-electron chi connectivity index (χ4n) is 2.74. The van der Waals surface area contributed by atoms with Crippen LogP contribution in [0.4, 0.5) is 0 Å². The first kappa shape index (κ1) is 11.6. The number of nitrogens with zero attached hydrogens (tertiary/aromatic N) is 2. The summed E-state index contributed by atoms with van der Waals surface area (Å²) in [4.78, 5) is 0. The fourth-order valence-corrected chi connectivity index (χ4v) is 2.74. The van der Waals surface area contributed by atoms with Crippen LogP contribution in [0.1, 0.15) is 24.4 Å². The third-order valence-corrected chi connectivity index (χ3v) is 3.60. The molecule has 3 nitrogen and oxygen atoms in total. The van der Waals surface area contributed by atoms with Gasteiger partial charge in [-0.15, -0.1) is 0 Å². The first-order valence-corrected chi connectivity index (χ1v) is 5.94. The summed E-state index contributed by atoms with van der Waals surface area (Å²) < 4.78 is 8.37. The molecule has 1 saturated heterocycles. The van der Waals surface area contributed by atoms with Crippen LogP contribution in [0.25, 0.3) is 0 Å². The molecule has 0 radical (unpaired) electrons. The van der Waals surface area contributed by atoms with Gasteiger partial charge in [-0.3, -0.25) is 0 Å². The van der Waals surface area contributed by atoms with Crippen LogP contribution < -0.4 is 4.57 Å². The molecule has 1 aromatic heterocycles. The van der Waals surface area contributed by atoms with Crippen molar-refractivity contribution < 1.29 is 13.8 Å². The number of pyridine rings is 1. The van der Waals surface area contributed by atoms with Gasteiger partial charge >= 0.3 is 0 Å². The van der Waals surface area contributed by atoms with Crippen LogP contribution in [0.5, 0.6) is 0 Å². The molecule has 3 heteroatoms. The minimum atomic E-state index is 0.633. The van der Waals surface area contributed by atoms with Gasteiger partial charge in [-0.25, -0.2) is 0 Å². The lowest BCUT2D eigenvalue weighted by atomic mass is 10.1. The van der Waals surface area contributed by atoms with E-state index in [1.807, 2.05) is 0 Å². The van der Waals surface area contributed by atoms with Crippen LogP contribution in [0.2, 0.25) is 0 Å². The van der Waals surface area contributed by atoms with E-state index in [2.05, 4.69) is 43.2 Å². The third kappa shape index (κ3) is 2.25. The maximum atomic E-state index is 5.16. The van der Waals surface area contributed by atoms with Crippen molar-refractivity contribution in [1.82, 2.24) is 0 Å². The molecule has 0 saturated carbocycles. The predicted octanol–water partition coefficient (Wildman–Crippen LogP) is 1.49. The molecule has 0 amide bonds. The van der Waals surface area contributed by atoms with E-state index in [4.69, 9.17) is 4.74 Å². The number of rotatable bonds is 3. The highest BCUT2D eigenvalue weighted by Crippen LogP contribution is 2.34. The van der Waals surface area contributed by atoms with Crippen LogP contribution in [0.3, 0.4) is 0 Å². The molecule has 0 aromatic carbocycles. The normalized spacial score (nSPS) is 23.6. The number of quaternary nitrogens is 1. The molecular weight excluding hydrogens is 200 g/mol. The summed E-state index contributed by atoms with van der Waals surface area (Å²) in [7, 11) is 6.38. The highest BCUT2D eigenvalue weighted by atomic mass is 16.5. The molecule has 1 fully saturated rings. The topological polar surface area (TPSA) is 13.1 Å². The van der Waals surface area contributed by atoms with Crippen molar-refractivity contribution in [3.05, 3.63) is 30.1 Å². The van der Waals surface area contributed by atoms with E-state index >= 15 is 0 Å². The van der Waals surface area contributed by atoms with E-state index in [9.17, 15) is 0 Å². The third-order valence-electron chi connectivity index (χ3n) is 3.60. The number of ether oxygens (including phenoxy) is 1. The van der Waals surface area contributed by atoms with Gasteiger partial charge in [0.05, 0.1) is 26.2 Å². The van der Waals surface area contributed by atoms with Crippen LogP contribution in [0, 0.1) is 0 Å². The number of aromatic nitrogens is 1. The van der Waals surface area contributed by atoms with Crippen molar-refractivity contribution in [2.24, 2.45) is 0 Å². The molecule has 2 rings (SSSR count). The maximum Gasteiger partial charge on any atom is 0.252 e. The number of likely N-dealkylation sites (tertiary alicyclic amines) is 1.